The van der Waals surface area contributed by atoms with E-state index in [0.717, 1.165) is 44.9 Å². The van der Waals surface area contributed by atoms with Crippen LogP contribution in [0.25, 0.3) is 0 Å². The molecule has 460 valence electrons. The number of aliphatic hydroxyl groups excluding tert-OH is 2. The molecule has 0 aliphatic heterocycles. The SMILES string of the molecule is CCCC/C=C\CCCCCCCC(=O)OCCCCCCCCCCCCCC/C=C\CCCCCCCCCCCCCCCC(=O)NC(CO)C(O)/C=C/CCCCCCCCCCCCCCCCCCCCC. The number of amides is 1. The predicted molar refractivity (Wildman–Crippen MR) is 343 cm³/mol. The van der Waals surface area contributed by atoms with Crippen LogP contribution in [0.15, 0.2) is 36.5 Å². The molecule has 0 rings (SSSR count). The van der Waals surface area contributed by atoms with Gasteiger partial charge in [-0.1, -0.05) is 333 Å². The molecule has 0 aromatic heterocycles. The molecular weight excluding hydrogens is 959 g/mol. The molecule has 0 fully saturated rings. The molecule has 0 radical (unpaired) electrons. The minimum absolute atomic E-state index is 0.00531. The second kappa shape index (κ2) is 67.6. The van der Waals surface area contributed by atoms with E-state index >= 15 is 0 Å². The van der Waals surface area contributed by atoms with E-state index in [1.165, 1.54) is 315 Å². The molecule has 3 N–H and O–H groups in total. The van der Waals surface area contributed by atoms with E-state index in [9.17, 15) is 19.8 Å². The molecule has 0 aromatic carbocycles. The number of aliphatic hydroxyl groups is 2. The summed E-state index contributed by atoms with van der Waals surface area (Å²) in [5, 5.41) is 23.3. The maximum Gasteiger partial charge on any atom is 0.305 e. The van der Waals surface area contributed by atoms with Gasteiger partial charge in [-0.05, 0) is 77.0 Å². The van der Waals surface area contributed by atoms with Crippen LogP contribution in [-0.4, -0.2) is 47.4 Å². The Bertz CT molecular complexity index is 1260. The molecule has 78 heavy (non-hydrogen) atoms. The van der Waals surface area contributed by atoms with Gasteiger partial charge in [0.15, 0.2) is 0 Å². The first kappa shape index (κ1) is 76.1. The second-order valence-electron chi connectivity index (χ2n) is 24.2. The predicted octanol–water partition coefficient (Wildman–Crippen LogP) is 22.7. The fourth-order valence-electron chi connectivity index (χ4n) is 11.0. The van der Waals surface area contributed by atoms with Crippen molar-refractivity contribution in [3.05, 3.63) is 36.5 Å². The summed E-state index contributed by atoms with van der Waals surface area (Å²) < 4.78 is 5.46. The highest BCUT2D eigenvalue weighted by atomic mass is 16.5. The summed E-state index contributed by atoms with van der Waals surface area (Å²) in [6.07, 6.45) is 86.6. The summed E-state index contributed by atoms with van der Waals surface area (Å²) in [6, 6.07) is -0.628. The highest BCUT2D eigenvalue weighted by molar-refractivity contribution is 5.76. The maximum atomic E-state index is 12.5. The van der Waals surface area contributed by atoms with Crippen molar-refractivity contribution >= 4 is 11.9 Å². The molecule has 1 amide bonds. The van der Waals surface area contributed by atoms with Crippen LogP contribution in [0, 0.1) is 0 Å². The van der Waals surface area contributed by atoms with Crippen molar-refractivity contribution in [3.63, 3.8) is 0 Å². The molecule has 0 aliphatic rings. The van der Waals surface area contributed by atoms with Crippen LogP contribution in [0.4, 0.5) is 0 Å². The van der Waals surface area contributed by atoms with Gasteiger partial charge in [0.25, 0.3) is 0 Å². The van der Waals surface area contributed by atoms with Gasteiger partial charge in [0.05, 0.1) is 25.4 Å². The number of allylic oxidation sites excluding steroid dienone is 5. The van der Waals surface area contributed by atoms with Crippen LogP contribution in [0.1, 0.15) is 386 Å². The lowest BCUT2D eigenvalue weighted by atomic mass is 10.0. The van der Waals surface area contributed by atoms with Crippen molar-refractivity contribution in [2.45, 2.75) is 398 Å². The number of ether oxygens (including phenoxy) is 1. The van der Waals surface area contributed by atoms with E-state index < -0.39 is 12.1 Å². The zero-order valence-electron chi connectivity index (χ0n) is 52.7. The van der Waals surface area contributed by atoms with E-state index in [1.54, 1.807) is 6.08 Å². The summed E-state index contributed by atoms with van der Waals surface area (Å²) in [5.74, 6) is -0.0582. The monoisotopic (exact) mass is 1100 g/mol. The number of esters is 1. The zero-order valence-corrected chi connectivity index (χ0v) is 52.7. The van der Waals surface area contributed by atoms with Crippen molar-refractivity contribution in [2.24, 2.45) is 0 Å². The standard InChI is InChI=1S/C72H137NO5/c1-3-5-7-9-11-13-15-16-17-18-19-29-32-35-38-41-45-48-52-56-60-64-70(75)69(68-74)73-71(76)65-61-57-53-49-46-42-39-36-33-30-27-25-23-21-20-22-24-26-28-31-34-37-40-43-47-51-55-59-63-67-78-72(77)66-62-58-54-50-44-14-12-10-8-6-4-2/h10,12,20,22,60,64,69-70,74-75H,3-9,11,13-19,21,23-59,61-63,65-68H2,1-2H3,(H,73,76)/b12-10-,22-20-,64-60+. The first-order chi connectivity index (χ1) is 38.5. The minimum Gasteiger partial charge on any atom is -0.466 e. The number of rotatable bonds is 66. The smallest absolute Gasteiger partial charge is 0.305 e. The lowest BCUT2D eigenvalue weighted by molar-refractivity contribution is -0.143. The van der Waals surface area contributed by atoms with Gasteiger partial charge in [0, 0.05) is 12.8 Å². The molecule has 6 nitrogen and oxygen atoms in total. The molecule has 0 saturated carbocycles. The van der Waals surface area contributed by atoms with Gasteiger partial charge in [-0.3, -0.25) is 9.59 Å². The highest BCUT2D eigenvalue weighted by Crippen LogP contribution is 2.18. The summed E-state index contributed by atoms with van der Waals surface area (Å²) >= 11 is 0. The van der Waals surface area contributed by atoms with Crippen molar-refractivity contribution in [1.82, 2.24) is 5.32 Å². The minimum atomic E-state index is -0.845. The van der Waals surface area contributed by atoms with E-state index in [4.69, 9.17) is 4.74 Å². The molecule has 2 unspecified atom stereocenters. The molecule has 2 atom stereocenters. The van der Waals surface area contributed by atoms with Crippen LogP contribution in [0.2, 0.25) is 0 Å². The van der Waals surface area contributed by atoms with E-state index in [1.807, 2.05) is 6.08 Å². The number of carbonyl (C=O) groups excluding carboxylic acids is 2. The topological polar surface area (TPSA) is 95.9 Å². The maximum absolute atomic E-state index is 12.5. The van der Waals surface area contributed by atoms with Gasteiger partial charge in [0.1, 0.15) is 0 Å². The van der Waals surface area contributed by atoms with E-state index in [-0.39, 0.29) is 18.5 Å². The molecule has 0 aliphatic carbocycles. The third-order valence-corrected chi connectivity index (χ3v) is 16.4. The molecular formula is C72H137NO5. The lowest BCUT2D eigenvalue weighted by Crippen LogP contribution is -2.45. The molecule has 0 aromatic rings. The van der Waals surface area contributed by atoms with Crippen molar-refractivity contribution in [2.75, 3.05) is 13.2 Å². The molecule has 0 saturated heterocycles. The number of hydrogen-bond donors (Lipinski definition) is 3. The average Bonchev–Trinajstić information content (AvgIpc) is 3.44. The first-order valence-electron chi connectivity index (χ1n) is 35.3. The van der Waals surface area contributed by atoms with E-state index in [2.05, 4.69) is 43.5 Å². The molecule has 0 bridgehead atoms. The van der Waals surface area contributed by atoms with Gasteiger partial charge < -0.3 is 20.3 Å². The first-order valence-corrected chi connectivity index (χ1v) is 35.3. The lowest BCUT2D eigenvalue weighted by Gasteiger charge is -2.20. The van der Waals surface area contributed by atoms with Crippen molar-refractivity contribution in [3.8, 4) is 0 Å². The Hall–Kier alpha value is -1.92. The molecule has 0 heterocycles. The quantitative estimate of drug-likeness (QED) is 0.0320. The fourth-order valence-corrected chi connectivity index (χ4v) is 11.0. The Kier molecular flexibility index (Phi) is 65.9. The second-order valence-corrected chi connectivity index (χ2v) is 24.2. The summed E-state index contributed by atoms with van der Waals surface area (Å²) in [4.78, 5) is 24.5. The summed E-state index contributed by atoms with van der Waals surface area (Å²) in [6.45, 7) is 4.90. The van der Waals surface area contributed by atoms with Crippen LogP contribution in [0.5, 0.6) is 0 Å². The van der Waals surface area contributed by atoms with Crippen LogP contribution in [-0.2, 0) is 14.3 Å². The Labute approximate surface area is 487 Å². The Morgan fingerprint density at radius 3 is 0.949 bits per heavy atom. The Morgan fingerprint density at radius 1 is 0.346 bits per heavy atom. The average molecular weight is 1100 g/mol. The van der Waals surface area contributed by atoms with Gasteiger partial charge in [-0.2, -0.15) is 0 Å². The summed E-state index contributed by atoms with van der Waals surface area (Å²) in [7, 11) is 0. The van der Waals surface area contributed by atoms with Gasteiger partial charge in [0.2, 0.25) is 5.91 Å². The number of hydrogen-bond acceptors (Lipinski definition) is 5. The number of nitrogens with one attached hydrogen (secondary N) is 1. The Morgan fingerprint density at radius 2 is 0.615 bits per heavy atom. The Balaban J connectivity index is 3.41. The number of carbonyl (C=O) groups is 2. The third kappa shape index (κ3) is 63.3. The van der Waals surface area contributed by atoms with Crippen LogP contribution in [0.3, 0.4) is 0 Å². The zero-order chi connectivity index (χ0) is 56.4. The van der Waals surface area contributed by atoms with Crippen LogP contribution < -0.4 is 5.32 Å². The largest absolute Gasteiger partial charge is 0.466 e. The van der Waals surface area contributed by atoms with Crippen LogP contribution >= 0.6 is 0 Å². The van der Waals surface area contributed by atoms with Gasteiger partial charge in [-0.15, -0.1) is 0 Å². The fraction of sp³-hybridized carbons (Fsp3) is 0.889. The number of unbranched alkanes of at least 4 members (excludes halogenated alkanes) is 51. The van der Waals surface area contributed by atoms with Gasteiger partial charge in [-0.25, -0.2) is 0 Å². The van der Waals surface area contributed by atoms with Crippen molar-refractivity contribution in [1.29, 1.82) is 0 Å². The molecule has 6 heteroatoms. The van der Waals surface area contributed by atoms with E-state index in [0.29, 0.717) is 19.4 Å². The van der Waals surface area contributed by atoms with Gasteiger partial charge >= 0.3 is 5.97 Å². The normalized spacial score (nSPS) is 12.7. The third-order valence-electron chi connectivity index (χ3n) is 16.4. The highest BCUT2D eigenvalue weighted by Gasteiger charge is 2.18. The van der Waals surface area contributed by atoms with Crippen molar-refractivity contribution < 1.29 is 24.5 Å². The molecule has 0 spiro atoms. The summed E-state index contributed by atoms with van der Waals surface area (Å²) in [5.41, 5.74) is 0.